The van der Waals surface area contributed by atoms with E-state index < -0.39 is 5.97 Å². The summed E-state index contributed by atoms with van der Waals surface area (Å²) in [4.78, 5) is 8.89. The Morgan fingerprint density at radius 1 is 1.27 bits per heavy atom. The van der Waals surface area contributed by atoms with Gasteiger partial charge in [-0.25, -0.2) is 0 Å². The Balaban J connectivity index is -0.0000000325. The molecule has 0 radical (unpaired) electrons. The smallest absolute Gasteiger partial charge is 0.0711 e. The quantitative estimate of drug-likeness (QED) is 0.434. The van der Waals surface area contributed by atoms with Crippen molar-refractivity contribution >= 4 is 5.97 Å². The summed E-state index contributed by atoms with van der Waals surface area (Å²) >= 11 is 0. The summed E-state index contributed by atoms with van der Waals surface area (Å²) < 4.78 is 0. The van der Waals surface area contributed by atoms with E-state index in [1.807, 2.05) is 13.8 Å². The van der Waals surface area contributed by atoms with E-state index in [1.54, 1.807) is 0 Å². The zero-order valence-corrected chi connectivity index (χ0v) is 9.11. The van der Waals surface area contributed by atoms with Crippen LogP contribution < -0.4 is 33.6 Å². The van der Waals surface area contributed by atoms with E-state index >= 15 is 0 Å². The van der Waals surface area contributed by atoms with Crippen LogP contribution in [0.4, 0.5) is 0 Å². The second-order valence-corrected chi connectivity index (χ2v) is 1.49. The molecule has 0 aromatic heterocycles. The highest BCUT2D eigenvalue weighted by Gasteiger charge is 1.46. The highest BCUT2D eigenvalue weighted by molar-refractivity contribution is 5.60. The SMILES string of the molecule is CC(=O)[O-].CC[NH3+].CC[NH3+].[Br-]. The van der Waals surface area contributed by atoms with Crippen LogP contribution in [-0.2, 0) is 4.79 Å². The van der Waals surface area contributed by atoms with Gasteiger partial charge in [-0.1, -0.05) is 0 Å². The molecule has 0 aliphatic carbocycles. The molecule has 0 spiro atoms. The third kappa shape index (κ3) is 36200. The predicted octanol–water partition coefficient (Wildman–Crippen LogP) is -5.74. The van der Waals surface area contributed by atoms with Crippen LogP contribution in [0.2, 0.25) is 0 Å². The molecule has 4 nitrogen and oxygen atoms in total. The fourth-order valence-corrected chi connectivity index (χ4v) is 0. The first-order valence-electron chi connectivity index (χ1n) is 3.32. The van der Waals surface area contributed by atoms with Crippen LogP contribution in [0, 0.1) is 0 Å². The van der Waals surface area contributed by atoms with E-state index in [0.717, 1.165) is 20.0 Å². The minimum Gasteiger partial charge on any atom is -1.00 e. The standard InChI is InChI=1S/2C2H7N.C2H4O2.BrH/c2*1-2-3;1-2(3)4;/h2*2-3H2,1H3;1H3,(H,3,4);1H. The van der Waals surface area contributed by atoms with Gasteiger partial charge in [0.15, 0.2) is 0 Å². The van der Waals surface area contributed by atoms with Crippen molar-refractivity contribution in [3.8, 4) is 0 Å². The molecule has 6 N–H and O–H groups in total. The number of quaternary nitrogens is 2. The molecular weight excluding hydrogens is 212 g/mol. The van der Waals surface area contributed by atoms with E-state index in [9.17, 15) is 0 Å². The molecule has 0 unspecified atom stereocenters. The molecule has 0 aliphatic rings. The van der Waals surface area contributed by atoms with Crippen molar-refractivity contribution in [3.63, 3.8) is 0 Å². The minimum atomic E-state index is -1.08. The Morgan fingerprint density at radius 2 is 1.27 bits per heavy atom. The molecule has 0 saturated carbocycles. The lowest BCUT2D eigenvalue weighted by molar-refractivity contribution is -0.362. The lowest BCUT2D eigenvalue weighted by Crippen LogP contribution is -3.00. The maximum Gasteiger partial charge on any atom is 0.0711 e. The molecule has 72 valence electrons. The van der Waals surface area contributed by atoms with Gasteiger partial charge in [0.2, 0.25) is 0 Å². The molecule has 0 aliphatic heterocycles. The van der Waals surface area contributed by atoms with E-state index in [0.29, 0.717) is 0 Å². The van der Waals surface area contributed by atoms with Crippen molar-refractivity contribution in [2.75, 3.05) is 13.1 Å². The minimum absolute atomic E-state index is 0. The molecule has 0 aromatic carbocycles. The van der Waals surface area contributed by atoms with E-state index in [1.165, 1.54) is 0 Å². The highest BCUT2D eigenvalue weighted by Crippen LogP contribution is 1.31. The summed E-state index contributed by atoms with van der Waals surface area (Å²) in [7, 11) is 0. The molecular formula is C6H19BrN2O2. The highest BCUT2D eigenvalue weighted by atomic mass is 79.9. The number of halogens is 1. The Morgan fingerprint density at radius 3 is 1.27 bits per heavy atom. The van der Waals surface area contributed by atoms with E-state index in [2.05, 4.69) is 11.5 Å². The van der Waals surface area contributed by atoms with Gasteiger partial charge in [0, 0.05) is 5.97 Å². The Labute approximate surface area is 78.7 Å². The van der Waals surface area contributed by atoms with Crippen LogP contribution in [0.3, 0.4) is 0 Å². The number of hydrogen-bond donors (Lipinski definition) is 2. The van der Waals surface area contributed by atoms with Gasteiger partial charge < -0.3 is 38.3 Å². The first kappa shape index (κ1) is 22.4. The lowest BCUT2D eigenvalue weighted by Gasteiger charge is -1.77. The number of hydrogen-bond acceptors (Lipinski definition) is 2. The third-order valence-electron chi connectivity index (χ3n) is 0. The average molecular weight is 231 g/mol. The van der Waals surface area contributed by atoms with E-state index in [-0.39, 0.29) is 17.0 Å². The molecule has 0 rings (SSSR count). The third-order valence-corrected chi connectivity index (χ3v) is 0. The maximum atomic E-state index is 8.89. The van der Waals surface area contributed by atoms with Crippen LogP contribution in [-0.4, -0.2) is 19.1 Å². The van der Waals surface area contributed by atoms with Crippen LogP contribution in [0.1, 0.15) is 20.8 Å². The normalized spacial score (nSPS) is 5.55. The maximum absolute atomic E-state index is 8.89. The van der Waals surface area contributed by atoms with E-state index in [4.69, 9.17) is 9.90 Å². The van der Waals surface area contributed by atoms with Gasteiger partial charge in [-0.2, -0.15) is 0 Å². The summed E-state index contributed by atoms with van der Waals surface area (Å²) in [6, 6.07) is 0. The van der Waals surface area contributed by atoms with Crippen LogP contribution in [0.25, 0.3) is 0 Å². The van der Waals surface area contributed by atoms with Crippen molar-refractivity contribution in [1.29, 1.82) is 0 Å². The molecule has 0 saturated heterocycles. The number of carbonyl (C=O) groups excluding carboxylic acids is 1. The monoisotopic (exact) mass is 230 g/mol. The van der Waals surface area contributed by atoms with Gasteiger partial charge in [-0.3, -0.25) is 0 Å². The zero-order valence-electron chi connectivity index (χ0n) is 7.52. The number of rotatable bonds is 0. The van der Waals surface area contributed by atoms with Crippen molar-refractivity contribution in [3.05, 3.63) is 0 Å². The van der Waals surface area contributed by atoms with Gasteiger partial charge in [0.05, 0.1) is 13.1 Å². The molecule has 0 amide bonds. The van der Waals surface area contributed by atoms with Crippen LogP contribution in [0.15, 0.2) is 0 Å². The number of carboxylic acids is 1. The van der Waals surface area contributed by atoms with Crippen molar-refractivity contribution < 1.29 is 38.3 Å². The van der Waals surface area contributed by atoms with Crippen LogP contribution in [0.5, 0.6) is 0 Å². The summed E-state index contributed by atoms with van der Waals surface area (Å²) in [6.45, 7) is 7.00. The van der Waals surface area contributed by atoms with Gasteiger partial charge >= 0.3 is 0 Å². The molecule has 0 aromatic rings. The Hall–Kier alpha value is -0.130. The predicted molar refractivity (Wildman–Crippen MR) is 37.5 cm³/mol. The summed E-state index contributed by atoms with van der Waals surface area (Å²) in [5.41, 5.74) is 6.97. The molecule has 0 bridgehead atoms. The van der Waals surface area contributed by atoms with Gasteiger partial charge in [0.25, 0.3) is 0 Å². The summed E-state index contributed by atoms with van der Waals surface area (Å²) in [6.07, 6.45) is 0. The fraction of sp³-hybridized carbons (Fsp3) is 0.833. The second-order valence-electron chi connectivity index (χ2n) is 1.49. The first-order valence-corrected chi connectivity index (χ1v) is 3.32. The summed E-state index contributed by atoms with van der Waals surface area (Å²) in [5, 5.41) is 8.89. The number of aliphatic carboxylic acids is 1. The number of carbonyl (C=O) groups is 1. The molecule has 11 heavy (non-hydrogen) atoms. The Kier molecular flexibility index (Phi) is 66.8. The molecule has 0 atom stereocenters. The van der Waals surface area contributed by atoms with Crippen molar-refractivity contribution in [2.24, 2.45) is 0 Å². The zero-order chi connectivity index (χ0) is 8.99. The van der Waals surface area contributed by atoms with Crippen LogP contribution >= 0.6 is 0 Å². The molecule has 5 heteroatoms. The summed E-state index contributed by atoms with van der Waals surface area (Å²) in [5.74, 6) is -1.08. The molecule has 0 heterocycles. The van der Waals surface area contributed by atoms with Crippen molar-refractivity contribution in [1.82, 2.24) is 0 Å². The fourth-order valence-electron chi connectivity index (χ4n) is 0. The van der Waals surface area contributed by atoms with Gasteiger partial charge in [-0.15, -0.1) is 0 Å². The number of carboxylic acid groups (broad SMARTS) is 1. The molecule has 0 fully saturated rings. The first-order chi connectivity index (χ1) is 4.56. The Bertz CT molecular complexity index is 56.5. The second kappa shape index (κ2) is 32.7. The lowest BCUT2D eigenvalue weighted by atomic mass is 10.8. The average Bonchev–Trinajstić information content (AvgIpc) is 1.65. The van der Waals surface area contributed by atoms with Gasteiger partial charge in [0.1, 0.15) is 0 Å². The topological polar surface area (TPSA) is 95.4 Å². The van der Waals surface area contributed by atoms with Gasteiger partial charge in [-0.05, 0) is 20.8 Å². The van der Waals surface area contributed by atoms with Crippen molar-refractivity contribution in [2.45, 2.75) is 20.8 Å². The largest absolute Gasteiger partial charge is 1.00 e.